The standard InChI is InChI=1S/C13H14N4S/c1-8-13(18-10(3)16-8)9(2)17-12-6-11(7-14)4-5-15-12/h4-6,9H,1-3H3,(H,15,17). The summed E-state index contributed by atoms with van der Waals surface area (Å²) in [6.07, 6.45) is 1.64. The molecule has 0 spiro atoms. The third-order valence-corrected chi connectivity index (χ3v) is 3.84. The largest absolute Gasteiger partial charge is 0.363 e. The van der Waals surface area contributed by atoms with E-state index in [-0.39, 0.29) is 6.04 Å². The van der Waals surface area contributed by atoms with Crippen molar-refractivity contribution >= 4 is 17.2 Å². The number of thiazole rings is 1. The Kier molecular flexibility index (Phi) is 3.58. The number of pyridine rings is 1. The lowest BCUT2D eigenvalue weighted by atomic mass is 10.2. The molecule has 1 atom stereocenters. The first kappa shape index (κ1) is 12.5. The number of anilines is 1. The summed E-state index contributed by atoms with van der Waals surface area (Å²) < 4.78 is 0. The van der Waals surface area contributed by atoms with Gasteiger partial charge >= 0.3 is 0 Å². The zero-order valence-corrected chi connectivity index (χ0v) is 11.4. The van der Waals surface area contributed by atoms with E-state index >= 15 is 0 Å². The molecule has 0 radical (unpaired) electrons. The third kappa shape index (κ3) is 2.66. The summed E-state index contributed by atoms with van der Waals surface area (Å²) in [5, 5.41) is 13.2. The summed E-state index contributed by atoms with van der Waals surface area (Å²) in [5.41, 5.74) is 1.66. The van der Waals surface area contributed by atoms with E-state index in [2.05, 4.69) is 28.3 Å². The van der Waals surface area contributed by atoms with Crippen molar-refractivity contribution in [2.45, 2.75) is 26.8 Å². The summed E-state index contributed by atoms with van der Waals surface area (Å²) in [4.78, 5) is 9.83. The molecular formula is C13H14N4S. The number of hydrogen-bond donors (Lipinski definition) is 1. The first-order chi connectivity index (χ1) is 8.60. The Morgan fingerprint density at radius 2 is 2.22 bits per heavy atom. The minimum atomic E-state index is 0.137. The fourth-order valence-electron chi connectivity index (χ4n) is 1.82. The molecule has 92 valence electrons. The van der Waals surface area contributed by atoms with E-state index in [9.17, 15) is 0 Å². The molecule has 4 nitrogen and oxygen atoms in total. The lowest BCUT2D eigenvalue weighted by molar-refractivity contribution is 0.879. The normalized spacial score (nSPS) is 11.9. The molecule has 0 fully saturated rings. The highest BCUT2D eigenvalue weighted by Crippen LogP contribution is 2.26. The second-order valence-corrected chi connectivity index (χ2v) is 5.32. The van der Waals surface area contributed by atoms with Crippen molar-refractivity contribution < 1.29 is 0 Å². The lowest BCUT2D eigenvalue weighted by Crippen LogP contribution is -2.07. The van der Waals surface area contributed by atoms with Gasteiger partial charge in [-0.05, 0) is 32.9 Å². The fraction of sp³-hybridized carbons (Fsp3) is 0.308. The first-order valence-corrected chi connectivity index (χ1v) is 6.48. The molecule has 2 rings (SSSR count). The van der Waals surface area contributed by atoms with Crippen molar-refractivity contribution in [2.24, 2.45) is 0 Å². The summed E-state index contributed by atoms with van der Waals surface area (Å²) >= 11 is 1.69. The van der Waals surface area contributed by atoms with E-state index in [1.807, 2.05) is 13.8 Å². The highest BCUT2D eigenvalue weighted by molar-refractivity contribution is 7.11. The Bertz CT molecular complexity index is 597. The highest BCUT2D eigenvalue weighted by Gasteiger charge is 2.13. The van der Waals surface area contributed by atoms with E-state index in [0.717, 1.165) is 10.7 Å². The van der Waals surface area contributed by atoms with E-state index in [0.29, 0.717) is 11.4 Å². The molecule has 2 aromatic rings. The zero-order valence-electron chi connectivity index (χ0n) is 10.6. The van der Waals surface area contributed by atoms with Gasteiger partial charge in [0.15, 0.2) is 0 Å². The van der Waals surface area contributed by atoms with Gasteiger partial charge in [0.05, 0.1) is 28.4 Å². The molecule has 0 saturated carbocycles. The minimum absolute atomic E-state index is 0.137. The van der Waals surface area contributed by atoms with Gasteiger partial charge in [0.2, 0.25) is 0 Å². The first-order valence-electron chi connectivity index (χ1n) is 5.66. The highest BCUT2D eigenvalue weighted by atomic mass is 32.1. The van der Waals surface area contributed by atoms with Crippen molar-refractivity contribution in [2.75, 3.05) is 5.32 Å². The molecule has 0 aliphatic rings. The van der Waals surface area contributed by atoms with Crippen molar-refractivity contribution in [3.05, 3.63) is 39.5 Å². The van der Waals surface area contributed by atoms with E-state index < -0.39 is 0 Å². The molecule has 18 heavy (non-hydrogen) atoms. The molecule has 0 aliphatic heterocycles. The molecule has 2 heterocycles. The van der Waals surface area contributed by atoms with E-state index in [1.54, 1.807) is 29.7 Å². The van der Waals surface area contributed by atoms with Crippen LogP contribution in [0.3, 0.4) is 0 Å². The number of nitriles is 1. The Morgan fingerprint density at radius 3 is 2.83 bits per heavy atom. The average molecular weight is 258 g/mol. The van der Waals surface area contributed by atoms with Gasteiger partial charge in [-0.1, -0.05) is 0 Å². The van der Waals surface area contributed by atoms with Crippen LogP contribution in [0.15, 0.2) is 18.3 Å². The molecule has 0 aromatic carbocycles. The molecule has 0 amide bonds. The van der Waals surface area contributed by atoms with Gasteiger partial charge in [-0.15, -0.1) is 11.3 Å². The van der Waals surface area contributed by atoms with Crippen molar-refractivity contribution in [1.82, 2.24) is 9.97 Å². The SMILES string of the molecule is Cc1nc(C)c(C(C)Nc2cc(C#N)ccn2)s1. The lowest BCUT2D eigenvalue weighted by Gasteiger charge is -2.13. The van der Waals surface area contributed by atoms with Crippen molar-refractivity contribution in [3.8, 4) is 6.07 Å². The number of rotatable bonds is 3. The van der Waals surface area contributed by atoms with Gasteiger partial charge in [0.1, 0.15) is 5.82 Å². The van der Waals surface area contributed by atoms with Crippen LogP contribution in [-0.4, -0.2) is 9.97 Å². The van der Waals surface area contributed by atoms with Gasteiger partial charge in [-0.2, -0.15) is 5.26 Å². The van der Waals surface area contributed by atoms with Crippen LogP contribution in [0.5, 0.6) is 0 Å². The predicted molar refractivity (Wildman–Crippen MR) is 72.6 cm³/mol. The number of nitrogens with zero attached hydrogens (tertiary/aromatic N) is 3. The summed E-state index contributed by atoms with van der Waals surface area (Å²) in [6, 6.07) is 5.68. The van der Waals surface area contributed by atoms with Gasteiger partial charge < -0.3 is 5.32 Å². The Hall–Kier alpha value is -1.93. The van der Waals surface area contributed by atoms with Crippen molar-refractivity contribution in [1.29, 1.82) is 5.26 Å². The quantitative estimate of drug-likeness (QED) is 0.918. The van der Waals surface area contributed by atoms with Crippen LogP contribution in [0.4, 0.5) is 5.82 Å². The van der Waals surface area contributed by atoms with Gasteiger partial charge in [0, 0.05) is 11.1 Å². The third-order valence-electron chi connectivity index (χ3n) is 2.59. The zero-order chi connectivity index (χ0) is 13.1. The topological polar surface area (TPSA) is 61.6 Å². The molecule has 5 heteroatoms. The Labute approximate surface area is 110 Å². The van der Waals surface area contributed by atoms with Crippen molar-refractivity contribution in [3.63, 3.8) is 0 Å². The summed E-state index contributed by atoms with van der Waals surface area (Å²) in [7, 11) is 0. The second-order valence-electron chi connectivity index (χ2n) is 4.09. The molecule has 0 aliphatic carbocycles. The predicted octanol–water partition coefficient (Wildman–Crippen LogP) is 3.20. The number of aryl methyl sites for hydroxylation is 2. The molecule has 0 saturated heterocycles. The smallest absolute Gasteiger partial charge is 0.127 e. The average Bonchev–Trinajstić information content (AvgIpc) is 2.69. The molecular weight excluding hydrogens is 244 g/mol. The number of hydrogen-bond acceptors (Lipinski definition) is 5. The van der Waals surface area contributed by atoms with E-state index in [1.165, 1.54) is 4.88 Å². The van der Waals surface area contributed by atoms with Crippen LogP contribution in [-0.2, 0) is 0 Å². The number of nitrogens with one attached hydrogen (secondary N) is 1. The minimum Gasteiger partial charge on any atom is -0.363 e. The van der Waals surface area contributed by atoms with Gasteiger partial charge in [-0.25, -0.2) is 9.97 Å². The Balaban J connectivity index is 2.18. The van der Waals surface area contributed by atoms with Crippen LogP contribution >= 0.6 is 11.3 Å². The maximum atomic E-state index is 8.85. The molecule has 1 N–H and O–H groups in total. The van der Waals surface area contributed by atoms with Gasteiger partial charge in [-0.3, -0.25) is 0 Å². The molecule has 2 aromatic heterocycles. The van der Waals surface area contributed by atoms with E-state index in [4.69, 9.17) is 5.26 Å². The maximum Gasteiger partial charge on any atom is 0.127 e. The van der Waals surface area contributed by atoms with Crippen LogP contribution in [0.2, 0.25) is 0 Å². The fourth-order valence-corrected chi connectivity index (χ4v) is 2.75. The van der Waals surface area contributed by atoms with Crippen LogP contribution < -0.4 is 5.32 Å². The number of aromatic nitrogens is 2. The molecule has 1 unspecified atom stereocenters. The maximum absolute atomic E-state index is 8.85. The second kappa shape index (κ2) is 5.15. The monoisotopic (exact) mass is 258 g/mol. The summed E-state index contributed by atoms with van der Waals surface area (Å²) in [5.74, 6) is 0.715. The summed E-state index contributed by atoms with van der Waals surface area (Å²) in [6.45, 7) is 6.08. The van der Waals surface area contributed by atoms with Crippen LogP contribution in [0.25, 0.3) is 0 Å². The molecule has 0 bridgehead atoms. The van der Waals surface area contributed by atoms with Gasteiger partial charge in [0.25, 0.3) is 0 Å². The van der Waals surface area contributed by atoms with Crippen LogP contribution in [0, 0.1) is 25.2 Å². The van der Waals surface area contributed by atoms with Crippen LogP contribution in [0.1, 0.15) is 34.1 Å². The Morgan fingerprint density at radius 1 is 1.44 bits per heavy atom.